The summed E-state index contributed by atoms with van der Waals surface area (Å²) in [5, 5.41) is 0. The molecule has 162 valence electrons. The zero-order chi connectivity index (χ0) is 23.2. The smallest absolute Gasteiger partial charge is 0.261 e. The number of benzene rings is 3. The van der Waals surface area contributed by atoms with E-state index in [0.717, 1.165) is 5.56 Å². The molecule has 1 N–H and O–H groups in total. The molecular formula is C25H17N3O4S. The van der Waals surface area contributed by atoms with E-state index < -0.39 is 10.0 Å². The monoisotopic (exact) mass is 455 g/mol. The van der Waals surface area contributed by atoms with E-state index in [1.165, 1.54) is 18.2 Å². The van der Waals surface area contributed by atoms with Crippen LogP contribution in [0.3, 0.4) is 0 Å². The second-order valence-electron chi connectivity index (χ2n) is 7.59. The first-order valence-electron chi connectivity index (χ1n) is 10.1. The summed E-state index contributed by atoms with van der Waals surface area (Å²) in [7, 11) is -4.02. The molecule has 0 radical (unpaired) electrons. The Bertz CT molecular complexity index is 1560. The number of fused-ring (bicyclic) bond motifs is 2. The van der Waals surface area contributed by atoms with Crippen LogP contribution in [0.25, 0.3) is 11.3 Å². The van der Waals surface area contributed by atoms with E-state index >= 15 is 0 Å². The van der Waals surface area contributed by atoms with Crippen LogP contribution in [0.5, 0.6) is 0 Å². The molecule has 1 heterocycles. The number of sulfonamides is 1. The summed E-state index contributed by atoms with van der Waals surface area (Å²) in [4.78, 5) is 34.0. The van der Waals surface area contributed by atoms with Crippen molar-refractivity contribution >= 4 is 27.3 Å². The largest absolute Gasteiger partial charge is 0.289 e. The number of carbonyl (C=O) groups is 2. The van der Waals surface area contributed by atoms with Gasteiger partial charge in [0.05, 0.1) is 10.6 Å². The Kier molecular flexibility index (Phi) is 4.87. The number of aryl methyl sites for hydroxylation is 1. The lowest BCUT2D eigenvalue weighted by atomic mass is 9.84. The third-order valence-corrected chi connectivity index (χ3v) is 6.77. The summed E-state index contributed by atoms with van der Waals surface area (Å²) in [6, 6.07) is 19.1. The third kappa shape index (κ3) is 3.70. The van der Waals surface area contributed by atoms with Crippen molar-refractivity contribution in [2.45, 2.75) is 11.8 Å². The average Bonchev–Trinajstić information content (AvgIpc) is 2.82. The Morgan fingerprint density at radius 2 is 1.45 bits per heavy atom. The molecule has 7 nitrogen and oxygen atoms in total. The van der Waals surface area contributed by atoms with Crippen molar-refractivity contribution in [3.63, 3.8) is 0 Å². The summed E-state index contributed by atoms with van der Waals surface area (Å²) in [6.45, 7) is 1.77. The van der Waals surface area contributed by atoms with Crippen LogP contribution in [0.1, 0.15) is 37.7 Å². The van der Waals surface area contributed by atoms with E-state index in [1.807, 2.05) is 6.07 Å². The van der Waals surface area contributed by atoms with Crippen LogP contribution in [0.4, 0.5) is 5.69 Å². The molecule has 1 aliphatic rings. The maximum Gasteiger partial charge on any atom is 0.261 e. The average molecular weight is 455 g/mol. The Morgan fingerprint density at radius 3 is 2.18 bits per heavy atom. The van der Waals surface area contributed by atoms with Gasteiger partial charge in [0.15, 0.2) is 11.6 Å². The van der Waals surface area contributed by atoms with Gasteiger partial charge >= 0.3 is 0 Å². The summed E-state index contributed by atoms with van der Waals surface area (Å²) < 4.78 is 28.7. The molecule has 0 saturated heterocycles. The van der Waals surface area contributed by atoms with Gasteiger partial charge in [-0.3, -0.25) is 14.3 Å². The Balaban J connectivity index is 1.49. The predicted molar refractivity (Wildman–Crippen MR) is 123 cm³/mol. The summed E-state index contributed by atoms with van der Waals surface area (Å²) in [5.74, 6) is -0.0725. The van der Waals surface area contributed by atoms with Crippen LogP contribution in [0.15, 0.2) is 83.9 Å². The molecule has 8 heteroatoms. The maximum atomic E-state index is 13.1. The molecular weight excluding hydrogens is 438 g/mol. The number of aromatic nitrogens is 2. The molecule has 3 aromatic carbocycles. The van der Waals surface area contributed by atoms with Crippen molar-refractivity contribution < 1.29 is 18.0 Å². The predicted octanol–water partition coefficient (Wildman–Crippen LogP) is 4.03. The minimum atomic E-state index is -4.02. The Hall–Kier alpha value is -4.17. The molecule has 0 atom stereocenters. The standard InChI is InChI=1S/C25H17N3O4S/c1-15-26-12-11-23(27-15)16-5-4-6-17(13-16)28-33(31,32)18-9-10-21-22(14-18)25(30)20-8-3-2-7-19(20)24(21)29/h2-14,28H,1H3. The normalized spacial score (nSPS) is 12.8. The maximum absolute atomic E-state index is 13.1. The molecule has 0 saturated carbocycles. The van der Waals surface area contributed by atoms with Crippen molar-refractivity contribution in [2.75, 3.05) is 4.72 Å². The molecule has 4 aromatic rings. The minimum Gasteiger partial charge on any atom is -0.289 e. The second-order valence-corrected chi connectivity index (χ2v) is 9.27. The number of hydrogen-bond donors (Lipinski definition) is 1. The number of carbonyl (C=O) groups excluding carboxylic acids is 2. The van der Waals surface area contributed by atoms with E-state index in [2.05, 4.69) is 14.7 Å². The van der Waals surface area contributed by atoms with Crippen molar-refractivity contribution in [3.05, 3.63) is 107 Å². The van der Waals surface area contributed by atoms with Crippen LogP contribution in [0.2, 0.25) is 0 Å². The van der Waals surface area contributed by atoms with E-state index in [0.29, 0.717) is 22.8 Å². The van der Waals surface area contributed by atoms with E-state index in [1.54, 1.807) is 61.7 Å². The fourth-order valence-corrected chi connectivity index (χ4v) is 4.89. The van der Waals surface area contributed by atoms with Crippen molar-refractivity contribution in [2.24, 2.45) is 0 Å². The molecule has 0 bridgehead atoms. The molecule has 0 fully saturated rings. The number of hydrogen-bond acceptors (Lipinski definition) is 6. The number of anilines is 1. The highest BCUT2D eigenvalue weighted by molar-refractivity contribution is 7.92. The lowest BCUT2D eigenvalue weighted by molar-refractivity contribution is 0.0979. The SMILES string of the molecule is Cc1nccc(-c2cccc(NS(=O)(=O)c3ccc4c(c3)C(=O)c3ccccc3C4=O)c2)n1. The number of nitrogens with one attached hydrogen (secondary N) is 1. The zero-order valence-corrected chi connectivity index (χ0v) is 18.3. The van der Waals surface area contributed by atoms with Crippen molar-refractivity contribution in [1.29, 1.82) is 0 Å². The van der Waals surface area contributed by atoms with Crippen LogP contribution < -0.4 is 4.72 Å². The van der Waals surface area contributed by atoms with Gasteiger partial charge in [0.1, 0.15) is 5.82 Å². The molecule has 0 aliphatic heterocycles. The highest BCUT2D eigenvalue weighted by Gasteiger charge is 2.30. The van der Waals surface area contributed by atoms with Gasteiger partial charge in [-0.25, -0.2) is 18.4 Å². The molecule has 33 heavy (non-hydrogen) atoms. The molecule has 1 aliphatic carbocycles. The van der Waals surface area contributed by atoms with E-state index in [4.69, 9.17) is 0 Å². The summed E-state index contributed by atoms with van der Waals surface area (Å²) in [5.41, 5.74) is 2.59. The fourth-order valence-electron chi connectivity index (χ4n) is 3.82. The second kappa shape index (κ2) is 7.75. The highest BCUT2D eigenvalue weighted by Crippen LogP contribution is 2.30. The first-order chi connectivity index (χ1) is 15.8. The molecule has 0 unspecified atom stereocenters. The molecule has 0 spiro atoms. The van der Waals surface area contributed by atoms with Gasteiger partial charge in [0, 0.05) is 39.7 Å². The minimum absolute atomic E-state index is 0.0757. The van der Waals surface area contributed by atoms with Gasteiger partial charge in [-0.1, -0.05) is 36.4 Å². The number of rotatable bonds is 4. The highest BCUT2D eigenvalue weighted by atomic mass is 32.2. The summed E-state index contributed by atoms with van der Waals surface area (Å²) in [6.07, 6.45) is 1.64. The Morgan fingerprint density at radius 1 is 0.758 bits per heavy atom. The molecule has 1 aromatic heterocycles. The number of ketones is 2. The van der Waals surface area contributed by atoms with Crippen LogP contribution in [-0.4, -0.2) is 30.0 Å². The van der Waals surface area contributed by atoms with Crippen LogP contribution in [-0.2, 0) is 10.0 Å². The van der Waals surface area contributed by atoms with Gasteiger partial charge in [-0.15, -0.1) is 0 Å². The number of nitrogens with zero attached hydrogens (tertiary/aromatic N) is 2. The van der Waals surface area contributed by atoms with Gasteiger partial charge in [0.25, 0.3) is 10.0 Å². The Labute approximate surface area is 190 Å². The van der Waals surface area contributed by atoms with Crippen LogP contribution in [0, 0.1) is 6.92 Å². The van der Waals surface area contributed by atoms with Crippen molar-refractivity contribution in [3.8, 4) is 11.3 Å². The van der Waals surface area contributed by atoms with Crippen molar-refractivity contribution in [1.82, 2.24) is 9.97 Å². The van der Waals surface area contributed by atoms with E-state index in [-0.39, 0.29) is 33.2 Å². The summed E-state index contributed by atoms with van der Waals surface area (Å²) >= 11 is 0. The quantitative estimate of drug-likeness (QED) is 0.439. The fraction of sp³-hybridized carbons (Fsp3) is 0.0400. The van der Waals surface area contributed by atoms with Gasteiger partial charge in [-0.05, 0) is 43.3 Å². The van der Waals surface area contributed by atoms with Gasteiger partial charge in [-0.2, -0.15) is 0 Å². The van der Waals surface area contributed by atoms with Crippen LogP contribution >= 0.6 is 0 Å². The first-order valence-corrected chi connectivity index (χ1v) is 11.6. The van der Waals surface area contributed by atoms with E-state index in [9.17, 15) is 18.0 Å². The first kappa shape index (κ1) is 20.7. The lowest BCUT2D eigenvalue weighted by Gasteiger charge is -2.18. The van der Waals surface area contributed by atoms with Gasteiger partial charge in [0.2, 0.25) is 0 Å². The molecule has 5 rings (SSSR count). The van der Waals surface area contributed by atoms with Gasteiger partial charge < -0.3 is 0 Å². The third-order valence-electron chi connectivity index (χ3n) is 5.39. The molecule has 0 amide bonds. The lowest BCUT2D eigenvalue weighted by Crippen LogP contribution is -2.22. The topological polar surface area (TPSA) is 106 Å². The zero-order valence-electron chi connectivity index (χ0n) is 17.4.